The highest BCUT2D eigenvalue weighted by Crippen LogP contribution is 2.40. The van der Waals surface area contributed by atoms with Crippen LogP contribution in [0, 0.1) is 5.82 Å². The molecule has 2 aromatic carbocycles. The Kier molecular flexibility index (Phi) is 4.71. The fourth-order valence-corrected chi connectivity index (χ4v) is 3.24. The van der Waals surface area contributed by atoms with Crippen LogP contribution in [0.4, 0.5) is 10.1 Å². The molecule has 1 aliphatic rings. The zero-order chi connectivity index (χ0) is 17.9. The number of halogens is 1. The van der Waals surface area contributed by atoms with Crippen LogP contribution in [-0.2, 0) is 4.79 Å². The number of rotatable bonds is 6. The average Bonchev–Trinajstić information content (AvgIpc) is 3.42. The van der Waals surface area contributed by atoms with E-state index in [2.05, 4.69) is 15.4 Å². The van der Waals surface area contributed by atoms with E-state index in [9.17, 15) is 9.18 Å². The summed E-state index contributed by atoms with van der Waals surface area (Å²) in [7, 11) is 0. The van der Waals surface area contributed by atoms with Crippen molar-refractivity contribution < 1.29 is 9.18 Å². The van der Waals surface area contributed by atoms with Crippen LogP contribution in [0.25, 0.3) is 5.69 Å². The summed E-state index contributed by atoms with van der Waals surface area (Å²) in [6, 6.07) is 16.0. The molecule has 0 spiro atoms. The number of aromatic nitrogens is 3. The largest absolute Gasteiger partial charge is 0.323 e. The molecule has 0 bridgehead atoms. The first-order chi connectivity index (χ1) is 12.7. The summed E-state index contributed by atoms with van der Waals surface area (Å²) in [5, 5.41) is 7.68. The van der Waals surface area contributed by atoms with E-state index in [0.717, 1.165) is 24.4 Å². The van der Waals surface area contributed by atoms with E-state index in [-0.39, 0.29) is 17.3 Å². The summed E-state index contributed by atoms with van der Waals surface area (Å²) < 4.78 is 15.5. The SMILES string of the molecule is O=C(CSc1nc(C2CC2)n(-c2ccccc2)n1)Nc1ccccc1F. The van der Waals surface area contributed by atoms with Gasteiger partial charge in [-0.2, -0.15) is 0 Å². The highest BCUT2D eigenvalue weighted by atomic mass is 32.2. The maximum absolute atomic E-state index is 13.6. The van der Waals surface area contributed by atoms with Gasteiger partial charge < -0.3 is 5.32 Å². The summed E-state index contributed by atoms with van der Waals surface area (Å²) in [6.07, 6.45) is 2.23. The lowest BCUT2D eigenvalue weighted by Gasteiger charge is -2.04. The molecule has 1 fully saturated rings. The number of para-hydroxylation sites is 2. The van der Waals surface area contributed by atoms with Crippen LogP contribution in [0.5, 0.6) is 0 Å². The van der Waals surface area contributed by atoms with Gasteiger partial charge in [0.05, 0.1) is 17.1 Å². The predicted octanol–water partition coefficient (Wildman–Crippen LogP) is 4.01. The molecule has 0 saturated heterocycles. The first-order valence-electron chi connectivity index (χ1n) is 8.40. The van der Waals surface area contributed by atoms with E-state index in [4.69, 9.17) is 0 Å². The fourth-order valence-electron chi connectivity index (χ4n) is 2.61. The average molecular weight is 368 g/mol. The molecule has 132 valence electrons. The summed E-state index contributed by atoms with van der Waals surface area (Å²) >= 11 is 1.25. The zero-order valence-electron chi connectivity index (χ0n) is 13.9. The smallest absolute Gasteiger partial charge is 0.234 e. The van der Waals surface area contributed by atoms with E-state index in [1.807, 2.05) is 35.0 Å². The Labute approximate surface area is 154 Å². The van der Waals surface area contributed by atoms with Gasteiger partial charge in [0, 0.05) is 5.92 Å². The second kappa shape index (κ2) is 7.29. The molecule has 0 unspecified atom stereocenters. The molecule has 0 radical (unpaired) electrons. The molecular weight excluding hydrogens is 351 g/mol. The number of hydrogen-bond donors (Lipinski definition) is 1. The lowest BCUT2D eigenvalue weighted by atomic mass is 10.3. The number of anilines is 1. The highest BCUT2D eigenvalue weighted by Gasteiger charge is 2.30. The molecule has 5 nitrogen and oxygen atoms in total. The van der Waals surface area contributed by atoms with Crippen LogP contribution in [0.2, 0.25) is 0 Å². The molecule has 1 amide bonds. The monoisotopic (exact) mass is 368 g/mol. The van der Waals surface area contributed by atoms with Crippen LogP contribution >= 0.6 is 11.8 Å². The van der Waals surface area contributed by atoms with Crippen molar-refractivity contribution in [2.75, 3.05) is 11.1 Å². The third kappa shape index (κ3) is 3.77. The second-order valence-electron chi connectivity index (χ2n) is 6.09. The van der Waals surface area contributed by atoms with Crippen molar-refractivity contribution in [3.63, 3.8) is 0 Å². The maximum atomic E-state index is 13.6. The normalized spacial score (nSPS) is 13.6. The van der Waals surface area contributed by atoms with Crippen molar-refractivity contribution in [2.45, 2.75) is 23.9 Å². The van der Waals surface area contributed by atoms with E-state index in [0.29, 0.717) is 11.1 Å². The topological polar surface area (TPSA) is 59.8 Å². The third-order valence-electron chi connectivity index (χ3n) is 4.04. The molecule has 0 aliphatic heterocycles. The zero-order valence-corrected chi connectivity index (χ0v) is 14.7. The van der Waals surface area contributed by atoms with Crippen molar-refractivity contribution in [2.24, 2.45) is 0 Å². The van der Waals surface area contributed by atoms with Crippen molar-refractivity contribution in [3.8, 4) is 5.69 Å². The standard InChI is InChI=1S/C19H17FN4OS/c20-15-8-4-5-9-16(15)21-17(25)12-26-19-22-18(13-10-11-13)24(23-19)14-6-2-1-3-7-14/h1-9,13H,10-12H2,(H,21,25). The van der Waals surface area contributed by atoms with Crippen molar-refractivity contribution in [1.82, 2.24) is 14.8 Å². The van der Waals surface area contributed by atoms with Crippen LogP contribution in [-0.4, -0.2) is 26.4 Å². The Balaban J connectivity index is 1.45. The molecule has 1 aromatic heterocycles. The van der Waals surface area contributed by atoms with Gasteiger partial charge in [-0.3, -0.25) is 4.79 Å². The van der Waals surface area contributed by atoms with Crippen LogP contribution < -0.4 is 5.32 Å². The van der Waals surface area contributed by atoms with Gasteiger partial charge >= 0.3 is 0 Å². The van der Waals surface area contributed by atoms with Gasteiger partial charge in [0.25, 0.3) is 0 Å². The Morgan fingerprint density at radius 1 is 1.15 bits per heavy atom. The Bertz CT molecular complexity index is 924. The molecule has 1 N–H and O–H groups in total. The molecule has 1 aliphatic carbocycles. The number of thioether (sulfide) groups is 1. The number of carbonyl (C=O) groups excluding carboxylic acids is 1. The van der Waals surface area contributed by atoms with Gasteiger partial charge in [-0.1, -0.05) is 42.1 Å². The third-order valence-corrected chi connectivity index (χ3v) is 4.87. The molecule has 1 heterocycles. The number of benzene rings is 2. The van der Waals surface area contributed by atoms with E-state index in [1.54, 1.807) is 12.1 Å². The molecule has 7 heteroatoms. The van der Waals surface area contributed by atoms with E-state index in [1.165, 1.54) is 23.9 Å². The van der Waals surface area contributed by atoms with Crippen LogP contribution in [0.1, 0.15) is 24.6 Å². The minimum atomic E-state index is -0.451. The number of hydrogen-bond acceptors (Lipinski definition) is 4. The Morgan fingerprint density at radius 2 is 1.88 bits per heavy atom. The maximum Gasteiger partial charge on any atom is 0.234 e. The lowest BCUT2D eigenvalue weighted by Crippen LogP contribution is -2.15. The van der Waals surface area contributed by atoms with Gasteiger partial charge in [0.15, 0.2) is 0 Å². The quantitative estimate of drug-likeness (QED) is 0.668. The second-order valence-corrected chi connectivity index (χ2v) is 7.03. The molecule has 1 saturated carbocycles. The predicted molar refractivity (Wildman–Crippen MR) is 99.1 cm³/mol. The van der Waals surface area contributed by atoms with Crippen molar-refractivity contribution in [1.29, 1.82) is 0 Å². The minimum absolute atomic E-state index is 0.122. The number of amides is 1. The van der Waals surface area contributed by atoms with E-state index >= 15 is 0 Å². The highest BCUT2D eigenvalue weighted by molar-refractivity contribution is 7.99. The van der Waals surface area contributed by atoms with Crippen LogP contribution in [0.3, 0.4) is 0 Å². The molecular formula is C19H17FN4OS. The van der Waals surface area contributed by atoms with Gasteiger partial charge in [-0.15, -0.1) is 5.10 Å². The Hall–Kier alpha value is -2.67. The van der Waals surface area contributed by atoms with E-state index < -0.39 is 5.82 Å². The molecule has 3 aromatic rings. The number of nitrogens with zero attached hydrogens (tertiary/aromatic N) is 3. The number of nitrogens with one attached hydrogen (secondary N) is 1. The van der Waals surface area contributed by atoms with Crippen molar-refractivity contribution in [3.05, 3.63) is 66.2 Å². The van der Waals surface area contributed by atoms with Gasteiger partial charge in [0.2, 0.25) is 11.1 Å². The first-order valence-corrected chi connectivity index (χ1v) is 9.39. The Morgan fingerprint density at radius 3 is 2.62 bits per heavy atom. The summed E-state index contributed by atoms with van der Waals surface area (Å²) in [6.45, 7) is 0. The fraction of sp³-hybridized carbons (Fsp3) is 0.211. The lowest BCUT2D eigenvalue weighted by molar-refractivity contribution is -0.113. The van der Waals surface area contributed by atoms with Crippen LogP contribution in [0.15, 0.2) is 59.8 Å². The summed E-state index contributed by atoms with van der Waals surface area (Å²) in [5.41, 5.74) is 1.14. The first kappa shape index (κ1) is 16.8. The molecule has 0 atom stereocenters. The van der Waals surface area contributed by atoms with Gasteiger partial charge in [-0.05, 0) is 37.1 Å². The van der Waals surface area contributed by atoms with Gasteiger partial charge in [-0.25, -0.2) is 14.1 Å². The van der Waals surface area contributed by atoms with Gasteiger partial charge in [0.1, 0.15) is 11.6 Å². The molecule has 26 heavy (non-hydrogen) atoms. The molecule has 4 rings (SSSR count). The summed E-state index contributed by atoms with van der Waals surface area (Å²) in [4.78, 5) is 16.7. The minimum Gasteiger partial charge on any atom is -0.323 e. The summed E-state index contributed by atoms with van der Waals surface area (Å²) in [5.74, 6) is 0.757. The van der Waals surface area contributed by atoms with Crippen molar-refractivity contribution >= 4 is 23.4 Å². The number of carbonyl (C=O) groups is 1.